The van der Waals surface area contributed by atoms with E-state index < -0.39 is 0 Å². The molecule has 0 bridgehead atoms. The molecule has 3 rings (SSSR count). The number of aliphatic imine (C=N–C) groups is 1. The summed E-state index contributed by atoms with van der Waals surface area (Å²) in [5.41, 5.74) is 2.43. The Hall–Kier alpha value is -1.94. The Bertz CT molecular complexity index is 741. The van der Waals surface area contributed by atoms with Crippen LogP contribution in [0, 0.1) is 0 Å². The molecular weight excluding hydrogens is 300 g/mol. The van der Waals surface area contributed by atoms with Crippen molar-refractivity contribution in [3.8, 4) is 0 Å². The lowest BCUT2D eigenvalue weighted by molar-refractivity contribution is -0.787. The Kier molecular flexibility index (Phi) is 3.91. The Labute approximate surface area is 143 Å². The van der Waals surface area contributed by atoms with Gasteiger partial charge in [-0.25, -0.2) is 0 Å². The van der Waals surface area contributed by atoms with Crippen molar-refractivity contribution in [2.75, 3.05) is 0 Å². The van der Waals surface area contributed by atoms with Crippen LogP contribution in [0.1, 0.15) is 63.4 Å². The fourth-order valence-corrected chi connectivity index (χ4v) is 4.49. The third-order valence-corrected chi connectivity index (χ3v) is 4.93. The van der Waals surface area contributed by atoms with E-state index in [1.807, 2.05) is 19.1 Å². The van der Waals surface area contributed by atoms with Gasteiger partial charge in [-0.2, -0.15) is 0 Å². The lowest BCUT2D eigenvalue weighted by Crippen LogP contribution is -3.05. The summed E-state index contributed by atoms with van der Waals surface area (Å²) in [5.74, 6) is -0.0528. The second kappa shape index (κ2) is 5.55. The molecule has 4 nitrogen and oxygen atoms in total. The molecule has 1 aromatic carbocycles. The van der Waals surface area contributed by atoms with Crippen LogP contribution >= 0.6 is 0 Å². The molecule has 0 saturated carbocycles. The minimum atomic E-state index is -0.120. The molecule has 1 heterocycles. The zero-order chi connectivity index (χ0) is 17.7. The van der Waals surface area contributed by atoms with Crippen molar-refractivity contribution in [1.29, 1.82) is 0 Å². The van der Waals surface area contributed by atoms with E-state index >= 15 is 0 Å². The van der Waals surface area contributed by atoms with Crippen LogP contribution in [0.2, 0.25) is 0 Å². The largest absolute Gasteiger partial charge is 0.506 e. The summed E-state index contributed by atoms with van der Waals surface area (Å²) in [6.07, 6.45) is 1.92. The number of hydrogen-bond donors (Lipinski definition) is 2. The van der Waals surface area contributed by atoms with Crippen molar-refractivity contribution >= 4 is 17.3 Å². The van der Waals surface area contributed by atoms with E-state index in [-0.39, 0.29) is 28.7 Å². The quantitative estimate of drug-likeness (QED) is 0.820. The Morgan fingerprint density at radius 1 is 1.12 bits per heavy atom. The number of aliphatic hydroxyl groups excluding tert-OH is 1. The summed E-state index contributed by atoms with van der Waals surface area (Å²) < 4.78 is 0. The third kappa shape index (κ3) is 3.03. The molecule has 4 heteroatoms. The van der Waals surface area contributed by atoms with Crippen molar-refractivity contribution < 1.29 is 15.2 Å². The number of carbonyl (C=O) groups is 1. The van der Waals surface area contributed by atoms with Crippen LogP contribution in [0.4, 0.5) is 0 Å². The molecule has 1 saturated heterocycles. The molecular formula is C20H27N2O2+. The Morgan fingerprint density at radius 3 is 2.21 bits per heavy atom. The maximum absolute atomic E-state index is 12.6. The van der Waals surface area contributed by atoms with Gasteiger partial charge in [0, 0.05) is 29.7 Å². The van der Waals surface area contributed by atoms with Gasteiger partial charge in [0.2, 0.25) is 0 Å². The van der Waals surface area contributed by atoms with Crippen LogP contribution in [0.15, 0.2) is 34.8 Å². The summed E-state index contributed by atoms with van der Waals surface area (Å²) in [7, 11) is 0. The van der Waals surface area contributed by atoms with Gasteiger partial charge in [0.15, 0.2) is 5.78 Å². The number of nitrogens with zero attached hydrogens (tertiary/aromatic N) is 1. The van der Waals surface area contributed by atoms with Gasteiger partial charge < -0.3 is 10.4 Å². The number of quaternary nitrogens is 1. The van der Waals surface area contributed by atoms with Gasteiger partial charge in [-0.1, -0.05) is 24.3 Å². The average Bonchev–Trinajstić information content (AvgIpc) is 2.68. The summed E-state index contributed by atoms with van der Waals surface area (Å²) in [6.45, 7) is 10.8. The molecule has 0 radical (unpaired) electrons. The molecule has 0 unspecified atom stereocenters. The fourth-order valence-electron chi connectivity index (χ4n) is 4.49. The van der Waals surface area contributed by atoms with E-state index in [2.05, 4.69) is 33.0 Å². The molecule has 3 N–H and O–H groups in total. The number of fused-ring (bicyclic) bond motifs is 1. The molecule has 24 heavy (non-hydrogen) atoms. The van der Waals surface area contributed by atoms with Crippen LogP contribution in [-0.4, -0.2) is 33.7 Å². The zero-order valence-electron chi connectivity index (χ0n) is 15.2. The van der Waals surface area contributed by atoms with Crippen LogP contribution in [0.5, 0.6) is 0 Å². The normalized spacial score (nSPS) is 23.5. The fraction of sp³-hybridized carbons (Fsp3) is 0.500. The Balaban J connectivity index is 1.92. The van der Waals surface area contributed by atoms with Crippen LogP contribution in [0.3, 0.4) is 0 Å². The van der Waals surface area contributed by atoms with E-state index in [1.54, 1.807) is 12.1 Å². The highest BCUT2D eigenvalue weighted by atomic mass is 16.3. The van der Waals surface area contributed by atoms with Gasteiger partial charge >= 0.3 is 0 Å². The van der Waals surface area contributed by atoms with Gasteiger partial charge in [-0.05, 0) is 34.6 Å². The van der Waals surface area contributed by atoms with E-state index in [0.717, 1.165) is 12.8 Å². The SMILES string of the molecule is CC(=NC1CC(C)(C)[NH2+]C(C)(C)C1)C1=C(O)c2ccccc2C1=O. The maximum Gasteiger partial charge on any atom is 0.199 e. The number of benzene rings is 1. The van der Waals surface area contributed by atoms with Crippen molar-refractivity contribution in [2.24, 2.45) is 4.99 Å². The van der Waals surface area contributed by atoms with Crippen LogP contribution in [0.25, 0.3) is 5.76 Å². The van der Waals surface area contributed by atoms with E-state index in [1.165, 1.54) is 0 Å². The highest BCUT2D eigenvalue weighted by molar-refractivity contribution is 6.35. The first-order valence-corrected chi connectivity index (χ1v) is 8.59. The number of Topliss-reactive ketones (excluding diaryl/α,β-unsaturated/α-hetero) is 1. The van der Waals surface area contributed by atoms with Crippen molar-refractivity contribution in [1.82, 2.24) is 0 Å². The third-order valence-electron chi connectivity index (χ3n) is 4.93. The predicted octanol–water partition coefficient (Wildman–Crippen LogP) is 2.90. The molecule has 1 aliphatic carbocycles. The number of piperidine rings is 1. The smallest absolute Gasteiger partial charge is 0.199 e. The molecule has 0 aromatic heterocycles. The van der Waals surface area contributed by atoms with Gasteiger partial charge in [0.1, 0.15) is 5.76 Å². The maximum atomic E-state index is 12.6. The van der Waals surface area contributed by atoms with Gasteiger partial charge in [-0.15, -0.1) is 0 Å². The highest BCUT2D eigenvalue weighted by Gasteiger charge is 2.42. The molecule has 0 spiro atoms. The minimum Gasteiger partial charge on any atom is -0.506 e. The molecule has 1 fully saturated rings. The Morgan fingerprint density at radius 2 is 1.67 bits per heavy atom. The predicted molar refractivity (Wildman–Crippen MR) is 96.5 cm³/mol. The summed E-state index contributed by atoms with van der Waals surface area (Å²) in [6, 6.07) is 7.36. The number of rotatable bonds is 2. The molecule has 2 aliphatic rings. The number of nitrogens with two attached hydrogens (primary N) is 1. The minimum absolute atomic E-state index is 0.0674. The monoisotopic (exact) mass is 327 g/mol. The second-order valence-electron chi connectivity index (χ2n) is 8.50. The zero-order valence-corrected chi connectivity index (χ0v) is 15.2. The number of ketones is 1. The first kappa shape index (κ1) is 16.9. The summed E-state index contributed by atoms with van der Waals surface area (Å²) in [5, 5.41) is 12.9. The molecule has 1 aromatic rings. The van der Waals surface area contributed by atoms with E-state index in [4.69, 9.17) is 4.99 Å². The average molecular weight is 327 g/mol. The topological polar surface area (TPSA) is 66.3 Å². The number of carbonyl (C=O) groups excluding carboxylic acids is 1. The van der Waals surface area contributed by atoms with Gasteiger partial charge in [0.05, 0.1) is 22.7 Å². The molecule has 1 aliphatic heterocycles. The number of aliphatic hydroxyl groups is 1. The standard InChI is InChI=1S/C20H26N2O2/c1-12(21-13-10-19(2,3)22-20(4,5)11-13)16-17(23)14-8-6-7-9-15(14)18(16)24/h6-9,13,22-23H,10-11H2,1-5H3/p+1. The highest BCUT2D eigenvalue weighted by Crippen LogP contribution is 2.32. The van der Waals surface area contributed by atoms with Crippen LogP contribution in [-0.2, 0) is 0 Å². The molecule has 128 valence electrons. The van der Waals surface area contributed by atoms with Crippen molar-refractivity contribution in [2.45, 2.75) is 64.6 Å². The summed E-state index contributed by atoms with van der Waals surface area (Å²) >= 11 is 0. The lowest BCUT2D eigenvalue weighted by atomic mass is 9.80. The first-order chi connectivity index (χ1) is 11.1. The first-order valence-electron chi connectivity index (χ1n) is 8.59. The summed E-state index contributed by atoms with van der Waals surface area (Å²) in [4.78, 5) is 17.5. The number of allylic oxidation sites excluding steroid dienone is 1. The van der Waals surface area contributed by atoms with Gasteiger partial charge in [0.25, 0.3) is 0 Å². The molecule has 0 amide bonds. The molecule has 0 atom stereocenters. The lowest BCUT2D eigenvalue weighted by Gasteiger charge is -2.41. The van der Waals surface area contributed by atoms with Crippen molar-refractivity contribution in [3.05, 3.63) is 41.0 Å². The van der Waals surface area contributed by atoms with Gasteiger partial charge in [-0.3, -0.25) is 9.79 Å². The number of hydrogen-bond acceptors (Lipinski definition) is 3. The second-order valence-corrected chi connectivity index (χ2v) is 8.50. The van der Waals surface area contributed by atoms with E-state index in [9.17, 15) is 9.90 Å². The van der Waals surface area contributed by atoms with E-state index in [0.29, 0.717) is 22.4 Å². The van der Waals surface area contributed by atoms with Crippen molar-refractivity contribution in [3.63, 3.8) is 0 Å². The van der Waals surface area contributed by atoms with Crippen LogP contribution < -0.4 is 5.32 Å².